The fourth-order valence-electron chi connectivity index (χ4n) is 2.15. The normalized spacial score (nSPS) is 12.7. The molecule has 0 saturated heterocycles. The predicted molar refractivity (Wildman–Crippen MR) is 96.1 cm³/mol. The first-order valence-electron chi connectivity index (χ1n) is 7.89. The molecule has 0 aliphatic heterocycles. The maximum Gasteiger partial charge on any atom is 0.417 e. The maximum absolute atomic E-state index is 12.7. The Kier molecular flexibility index (Phi) is 6.50. The van der Waals surface area contributed by atoms with Crippen LogP contribution in [0.3, 0.4) is 0 Å². The Balaban J connectivity index is 2.20. The molecule has 2 heterocycles. The average Bonchev–Trinajstić information content (AvgIpc) is 2.93. The number of pyridine rings is 1. The van der Waals surface area contributed by atoms with Gasteiger partial charge in [-0.05, 0) is 31.1 Å². The molecule has 1 atom stereocenters. The van der Waals surface area contributed by atoms with Crippen LogP contribution in [0.1, 0.15) is 25.1 Å². The molecule has 152 valence electrons. The van der Waals surface area contributed by atoms with Crippen LogP contribution in [0.25, 0.3) is 0 Å². The van der Waals surface area contributed by atoms with Crippen LogP contribution >= 0.6 is 23.8 Å². The standard InChI is InChI=1S/C16H16ClF3N4O3S/c1-7(2)12(14(25)26)22-15(28)24-8(3)4-11(23-24)27-13-10(17)5-9(6-21-13)16(18,19)20/h4-7,12H,1-3H3,(H,22,28)(H,25,26)/p-1. The Labute approximate surface area is 168 Å². The number of carboxylic acid groups (broad SMARTS) is 1. The number of nitrogens with one attached hydrogen (secondary N) is 1. The van der Waals surface area contributed by atoms with Crippen molar-refractivity contribution >= 4 is 34.9 Å². The third-order valence-corrected chi connectivity index (χ3v) is 4.15. The Hall–Kier alpha value is -2.40. The van der Waals surface area contributed by atoms with Crippen molar-refractivity contribution in [1.82, 2.24) is 20.1 Å². The minimum Gasteiger partial charge on any atom is -0.548 e. The molecule has 0 radical (unpaired) electrons. The summed E-state index contributed by atoms with van der Waals surface area (Å²) in [7, 11) is 0. The number of aliphatic carboxylic acids is 1. The zero-order chi connectivity index (χ0) is 21.2. The monoisotopic (exact) mass is 435 g/mol. The highest BCUT2D eigenvalue weighted by Gasteiger charge is 2.32. The SMILES string of the molecule is Cc1cc(Oc2ncc(C(F)(F)F)cc2Cl)nn1C(=S)NC(C(=O)[O-])C(C)C. The minimum absolute atomic E-state index is 0.0123. The number of alkyl halides is 3. The van der Waals surface area contributed by atoms with E-state index in [9.17, 15) is 23.1 Å². The Bertz CT molecular complexity index is 902. The molecular weight excluding hydrogens is 421 g/mol. The first-order chi connectivity index (χ1) is 12.9. The van der Waals surface area contributed by atoms with E-state index < -0.39 is 23.8 Å². The van der Waals surface area contributed by atoms with E-state index in [1.807, 2.05) is 0 Å². The lowest BCUT2D eigenvalue weighted by Crippen LogP contribution is -2.52. The van der Waals surface area contributed by atoms with Crippen LogP contribution in [-0.4, -0.2) is 31.9 Å². The quantitative estimate of drug-likeness (QED) is 0.721. The van der Waals surface area contributed by atoms with E-state index in [1.165, 1.54) is 10.7 Å². The first-order valence-corrected chi connectivity index (χ1v) is 8.67. The molecule has 2 aromatic rings. The van der Waals surface area contributed by atoms with Crippen molar-refractivity contribution in [3.63, 3.8) is 0 Å². The number of thiocarbonyl (C=S) groups is 1. The molecule has 7 nitrogen and oxygen atoms in total. The van der Waals surface area contributed by atoms with Crippen molar-refractivity contribution in [2.75, 3.05) is 0 Å². The highest BCUT2D eigenvalue weighted by Crippen LogP contribution is 2.34. The topological polar surface area (TPSA) is 92.1 Å². The van der Waals surface area contributed by atoms with E-state index in [4.69, 9.17) is 28.6 Å². The molecule has 0 amide bonds. The lowest BCUT2D eigenvalue weighted by Gasteiger charge is -2.24. The largest absolute Gasteiger partial charge is 0.548 e. The van der Waals surface area contributed by atoms with Crippen molar-refractivity contribution in [3.05, 3.63) is 34.6 Å². The average molecular weight is 436 g/mol. The van der Waals surface area contributed by atoms with Gasteiger partial charge < -0.3 is 20.0 Å². The smallest absolute Gasteiger partial charge is 0.417 e. The highest BCUT2D eigenvalue weighted by atomic mass is 35.5. The molecule has 28 heavy (non-hydrogen) atoms. The number of ether oxygens (including phenoxy) is 1. The van der Waals surface area contributed by atoms with E-state index in [2.05, 4.69) is 15.4 Å². The number of rotatable bonds is 5. The molecule has 1 N–H and O–H groups in total. The lowest BCUT2D eigenvalue weighted by molar-refractivity contribution is -0.309. The van der Waals surface area contributed by atoms with E-state index in [1.54, 1.807) is 20.8 Å². The first kappa shape index (κ1) is 21.9. The summed E-state index contributed by atoms with van der Waals surface area (Å²) in [6.45, 7) is 4.98. The molecule has 12 heteroatoms. The fourth-order valence-corrected chi connectivity index (χ4v) is 2.66. The van der Waals surface area contributed by atoms with Gasteiger partial charge in [0.2, 0.25) is 11.8 Å². The van der Waals surface area contributed by atoms with Gasteiger partial charge in [-0.25, -0.2) is 9.67 Å². The molecule has 0 aliphatic carbocycles. The molecule has 0 spiro atoms. The molecule has 0 fully saturated rings. The maximum atomic E-state index is 12.7. The van der Waals surface area contributed by atoms with Gasteiger partial charge in [-0.1, -0.05) is 25.4 Å². The van der Waals surface area contributed by atoms with E-state index in [0.717, 1.165) is 0 Å². The Morgan fingerprint density at radius 1 is 1.39 bits per heavy atom. The van der Waals surface area contributed by atoms with E-state index in [0.29, 0.717) is 18.0 Å². The minimum atomic E-state index is -4.59. The summed E-state index contributed by atoms with van der Waals surface area (Å²) in [6.07, 6.45) is -4.00. The molecule has 0 bridgehead atoms. The van der Waals surface area contributed by atoms with Crippen LogP contribution < -0.4 is 15.2 Å². The van der Waals surface area contributed by atoms with E-state index in [-0.39, 0.29) is 27.8 Å². The van der Waals surface area contributed by atoms with Gasteiger partial charge in [-0.15, -0.1) is 5.10 Å². The molecule has 0 saturated carbocycles. The van der Waals surface area contributed by atoms with Crippen LogP contribution in [-0.2, 0) is 11.0 Å². The summed E-state index contributed by atoms with van der Waals surface area (Å²) < 4.78 is 44.5. The molecule has 2 rings (SSSR count). The number of carbonyl (C=O) groups is 1. The summed E-state index contributed by atoms with van der Waals surface area (Å²) in [6, 6.07) is 1.09. The second kappa shape index (κ2) is 8.31. The fraction of sp³-hybridized carbons (Fsp3) is 0.375. The number of nitrogens with zero attached hydrogens (tertiary/aromatic N) is 3. The third-order valence-electron chi connectivity index (χ3n) is 3.59. The van der Waals surface area contributed by atoms with Gasteiger partial charge in [0, 0.05) is 18.0 Å². The summed E-state index contributed by atoms with van der Waals surface area (Å²) in [5.41, 5.74) is -0.532. The van der Waals surface area contributed by atoms with Gasteiger partial charge in [-0.2, -0.15) is 13.2 Å². The van der Waals surface area contributed by atoms with Crippen LogP contribution in [0.4, 0.5) is 13.2 Å². The van der Waals surface area contributed by atoms with Gasteiger partial charge in [0.25, 0.3) is 0 Å². The summed E-state index contributed by atoms with van der Waals surface area (Å²) in [4.78, 5) is 14.7. The van der Waals surface area contributed by atoms with Crippen LogP contribution in [0.15, 0.2) is 18.3 Å². The number of halogens is 4. The third kappa shape index (κ3) is 5.10. The number of aryl methyl sites for hydroxylation is 1. The van der Waals surface area contributed by atoms with Crippen LogP contribution in [0.2, 0.25) is 5.02 Å². The van der Waals surface area contributed by atoms with Gasteiger partial charge in [0.15, 0.2) is 5.11 Å². The molecule has 1 unspecified atom stereocenters. The molecular formula is C16H15ClF3N4O3S-. The second-order valence-corrected chi connectivity index (χ2v) is 6.93. The zero-order valence-electron chi connectivity index (χ0n) is 14.9. The molecule has 0 aliphatic rings. The Morgan fingerprint density at radius 3 is 2.54 bits per heavy atom. The number of carboxylic acids is 1. The van der Waals surface area contributed by atoms with Crippen molar-refractivity contribution in [1.29, 1.82) is 0 Å². The van der Waals surface area contributed by atoms with Gasteiger partial charge in [-0.3, -0.25) is 0 Å². The Morgan fingerprint density at radius 2 is 2.04 bits per heavy atom. The summed E-state index contributed by atoms with van der Waals surface area (Å²) >= 11 is 11.0. The van der Waals surface area contributed by atoms with E-state index >= 15 is 0 Å². The number of carbonyl (C=O) groups excluding carboxylic acids is 1. The number of hydrogen-bond donors (Lipinski definition) is 1. The van der Waals surface area contributed by atoms with Crippen LogP contribution in [0.5, 0.6) is 11.8 Å². The van der Waals surface area contributed by atoms with Crippen molar-refractivity contribution < 1.29 is 27.8 Å². The van der Waals surface area contributed by atoms with Crippen LogP contribution in [0, 0.1) is 12.8 Å². The lowest BCUT2D eigenvalue weighted by atomic mass is 10.1. The van der Waals surface area contributed by atoms with Crippen molar-refractivity contribution in [3.8, 4) is 11.8 Å². The molecule has 2 aromatic heterocycles. The van der Waals surface area contributed by atoms with Crippen molar-refractivity contribution in [2.45, 2.75) is 33.0 Å². The zero-order valence-corrected chi connectivity index (χ0v) is 16.4. The number of hydrogen-bond acceptors (Lipinski definition) is 6. The summed E-state index contributed by atoms with van der Waals surface area (Å²) in [5, 5.41) is 17.5. The second-order valence-electron chi connectivity index (χ2n) is 6.14. The van der Waals surface area contributed by atoms with Crippen molar-refractivity contribution in [2.24, 2.45) is 5.92 Å². The van der Waals surface area contributed by atoms with Gasteiger partial charge in [0.1, 0.15) is 5.02 Å². The van der Waals surface area contributed by atoms with Gasteiger partial charge in [0.05, 0.1) is 17.6 Å². The number of aromatic nitrogens is 3. The molecule has 0 aromatic carbocycles. The highest BCUT2D eigenvalue weighted by molar-refractivity contribution is 7.80. The predicted octanol–water partition coefficient (Wildman–Crippen LogP) is 2.55. The summed E-state index contributed by atoms with van der Waals surface area (Å²) in [5.74, 6) is -1.93. The van der Waals surface area contributed by atoms with Gasteiger partial charge >= 0.3 is 6.18 Å².